The molecule has 0 radical (unpaired) electrons. The van der Waals surface area contributed by atoms with Gasteiger partial charge in [0.2, 0.25) is 0 Å². The van der Waals surface area contributed by atoms with Gasteiger partial charge in [-0.2, -0.15) is 5.26 Å². The molecule has 0 bridgehead atoms. The summed E-state index contributed by atoms with van der Waals surface area (Å²) in [5.41, 5.74) is -0.549. The molecule has 0 amide bonds. The predicted octanol–water partition coefficient (Wildman–Crippen LogP) is 3.12. The maximum atomic E-state index is 13.5. The van der Waals surface area contributed by atoms with Gasteiger partial charge in [0.15, 0.2) is 0 Å². The van der Waals surface area contributed by atoms with E-state index in [-0.39, 0.29) is 17.8 Å². The summed E-state index contributed by atoms with van der Waals surface area (Å²) in [5, 5.41) is 21.3. The molecule has 0 aromatic heterocycles. The summed E-state index contributed by atoms with van der Waals surface area (Å²) in [6, 6.07) is 8.88. The number of aliphatic hydroxyl groups excluding tert-OH is 1. The molecule has 1 unspecified atom stereocenters. The molecule has 2 rings (SSSR count). The molecule has 108 valence electrons. The monoisotopic (exact) mass is 292 g/mol. The molecule has 0 aliphatic carbocycles. The van der Waals surface area contributed by atoms with Crippen molar-refractivity contribution in [3.63, 3.8) is 0 Å². The Morgan fingerprint density at radius 2 is 1.62 bits per heavy atom. The minimum absolute atomic E-state index is 0.147. The average Bonchev–Trinajstić information content (AvgIpc) is 2.45. The number of nitrogens with zero attached hydrogens (tertiary/aromatic N) is 1. The van der Waals surface area contributed by atoms with Gasteiger partial charge in [0, 0.05) is 6.54 Å². The van der Waals surface area contributed by atoms with E-state index < -0.39 is 29.1 Å². The van der Waals surface area contributed by atoms with E-state index in [1.165, 1.54) is 18.2 Å². The molecule has 21 heavy (non-hydrogen) atoms. The highest BCUT2D eigenvalue weighted by molar-refractivity contribution is 5.58. The predicted molar refractivity (Wildman–Crippen MR) is 70.9 cm³/mol. The second-order valence-corrected chi connectivity index (χ2v) is 4.31. The van der Waals surface area contributed by atoms with Gasteiger partial charge in [-0.15, -0.1) is 0 Å². The van der Waals surface area contributed by atoms with Crippen LogP contribution in [0.4, 0.5) is 18.9 Å². The Kier molecular flexibility index (Phi) is 4.45. The van der Waals surface area contributed by atoms with Crippen molar-refractivity contribution >= 4 is 5.69 Å². The second kappa shape index (κ2) is 6.29. The normalized spacial score (nSPS) is 11.8. The molecule has 2 N–H and O–H groups in total. The minimum Gasteiger partial charge on any atom is -0.386 e. The summed E-state index contributed by atoms with van der Waals surface area (Å²) in [6.07, 6.45) is -1.47. The first-order chi connectivity index (χ1) is 10.0. The van der Waals surface area contributed by atoms with E-state index in [9.17, 15) is 18.3 Å². The Morgan fingerprint density at radius 3 is 2.24 bits per heavy atom. The van der Waals surface area contributed by atoms with Crippen molar-refractivity contribution in [2.24, 2.45) is 0 Å². The number of halogens is 3. The lowest BCUT2D eigenvalue weighted by Gasteiger charge is -2.15. The van der Waals surface area contributed by atoms with Crippen molar-refractivity contribution in [1.82, 2.24) is 0 Å². The third-order valence-electron chi connectivity index (χ3n) is 2.94. The molecule has 0 spiro atoms. The third kappa shape index (κ3) is 3.15. The Balaban J connectivity index is 2.18. The van der Waals surface area contributed by atoms with E-state index in [1.54, 1.807) is 6.07 Å². The van der Waals surface area contributed by atoms with Crippen LogP contribution in [0.5, 0.6) is 0 Å². The number of hydrogen-bond donors (Lipinski definition) is 2. The van der Waals surface area contributed by atoms with Crippen LogP contribution in [0.15, 0.2) is 36.4 Å². The van der Waals surface area contributed by atoms with Gasteiger partial charge >= 0.3 is 0 Å². The molecule has 0 aliphatic heterocycles. The van der Waals surface area contributed by atoms with Crippen molar-refractivity contribution in [2.45, 2.75) is 6.10 Å². The van der Waals surface area contributed by atoms with E-state index in [1.807, 2.05) is 0 Å². The summed E-state index contributed by atoms with van der Waals surface area (Å²) in [5.74, 6) is -2.46. The molecule has 6 heteroatoms. The van der Waals surface area contributed by atoms with Crippen LogP contribution in [0.1, 0.15) is 17.2 Å². The molecule has 0 saturated heterocycles. The minimum atomic E-state index is -1.47. The summed E-state index contributed by atoms with van der Waals surface area (Å²) in [4.78, 5) is 0. The molecular formula is C15H11F3N2O. The van der Waals surface area contributed by atoms with Crippen LogP contribution >= 0.6 is 0 Å². The fourth-order valence-electron chi connectivity index (χ4n) is 1.92. The summed E-state index contributed by atoms with van der Waals surface area (Å²) in [7, 11) is 0. The highest BCUT2D eigenvalue weighted by Gasteiger charge is 2.18. The number of anilines is 1. The Bertz CT molecular complexity index is 678. The first-order valence-corrected chi connectivity index (χ1v) is 6.09. The van der Waals surface area contributed by atoms with E-state index in [4.69, 9.17) is 5.26 Å². The Hall–Kier alpha value is -2.52. The van der Waals surface area contributed by atoms with E-state index in [0.29, 0.717) is 0 Å². The van der Waals surface area contributed by atoms with Crippen molar-refractivity contribution < 1.29 is 18.3 Å². The molecule has 3 nitrogen and oxygen atoms in total. The van der Waals surface area contributed by atoms with E-state index >= 15 is 0 Å². The number of benzene rings is 2. The maximum absolute atomic E-state index is 13.5. The van der Waals surface area contributed by atoms with Gasteiger partial charge in [-0.25, -0.2) is 13.2 Å². The Morgan fingerprint density at radius 1 is 1.05 bits per heavy atom. The zero-order valence-corrected chi connectivity index (χ0v) is 10.8. The van der Waals surface area contributed by atoms with Crippen LogP contribution in [0, 0.1) is 28.8 Å². The standard InChI is InChI=1S/C15H11F3N2O/c16-10-3-2-6-13(9(10)7-19)20-8-14(21)15-11(17)4-1-5-12(15)18/h1-6,14,20-21H,8H2. The average molecular weight is 292 g/mol. The third-order valence-corrected chi connectivity index (χ3v) is 2.94. The van der Waals surface area contributed by atoms with Gasteiger partial charge in [-0.1, -0.05) is 12.1 Å². The lowest BCUT2D eigenvalue weighted by atomic mass is 10.1. The van der Waals surface area contributed by atoms with Crippen LogP contribution < -0.4 is 5.32 Å². The molecule has 0 aliphatic rings. The zero-order chi connectivity index (χ0) is 15.4. The van der Waals surface area contributed by atoms with Crippen LogP contribution in [0.25, 0.3) is 0 Å². The maximum Gasteiger partial charge on any atom is 0.143 e. The van der Waals surface area contributed by atoms with Crippen molar-refractivity contribution in [3.8, 4) is 6.07 Å². The molecule has 0 saturated carbocycles. The van der Waals surface area contributed by atoms with Crippen molar-refractivity contribution in [3.05, 3.63) is 65.0 Å². The van der Waals surface area contributed by atoms with Gasteiger partial charge in [0.25, 0.3) is 0 Å². The SMILES string of the molecule is N#Cc1c(F)cccc1NCC(O)c1c(F)cccc1F. The number of aliphatic hydroxyl groups is 1. The fourth-order valence-corrected chi connectivity index (χ4v) is 1.92. The van der Waals surface area contributed by atoms with Gasteiger partial charge in [0.05, 0.1) is 11.3 Å². The van der Waals surface area contributed by atoms with Crippen LogP contribution in [0.2, 0.25) is 0 Å². The molecule has 1 atom stereocenters. The molecule has 2 aromatic carbocycles. The van der Waals surface area contributed by atoms with Crippen LogP contribution in [0.3, 0.4) is 0 Å². The summed E-state index contributed by atoms with van der Waals surface area (Å²) in [6.45, 7) is -0.268. The number of nitrogens with one attached hydrogen (secondary N) is 1. The van der Waals surface area contributed by atoms with E-state index in [0.717, 1.165) is 18.2 Å². The molecule has 0 heterocycles. The van der Waals surface area contributed by atoms with Gasteiger partial charge in [-0.05, 0) is 24.3 Å². The second-order valence-electron chi connectivity index (χ2n) is 4.31. The smallest absolute Gasteiger partial charge is 0.143 e. The number of nitriles is 1. The van der Waals surface area contributed by atoms with E-state index in [2.05, 4.69) is 5.32 Å². The summed E-state index contributed by atoms with van der Waals surface area (Å²) >= 11 is 0. The molecule has 2 aromatic rings. The quantitative estimate of drug-likeness (QED) is 0.910. The first kappa shape index (κ1) is 14.9. The fraction of sp³-hybridized carbons (Fsp3) is 0.133. The number of hydrogen-bond acceptors (Lipinski definition) is 3. The molecular weight excluding hydrogens is 281 g/mol. The van der Waals surface area contributed by atoms with Crippen molar-refractivity contribution in [1.29, 1.82) is 5.26 Å². The summed E-state index contributed by atoms with van der Waals surface area (Å²) < 4.78 is 40.4. The highest BCUT2D eigenvalue weighted by Crippen LogP contribution is 2.23. The molecule has 0 fully saturated rings. The van der Waals surface area contributed by atoms with Crippen molar-refractivity contribution in [2.75, 3.05) is 11.9 Å². The van der Waals surface area contributed by atoms with Crippen LogP contribution in [-0.2, 0) is 0 Å². The lowest BCUT2D eigenvalue weighted by Crippen LogP contribution is -2.15. The number of rotatable bonds is 4. The first-order valence-electron chi connectivity index (χ1n) is 6.09. The largest absolute Gasteiger partial charge is 0.386 e. The highest BCUT2D eigenvalue weighted by atomic mass is 19.1. The van der Waals surface area contributed by atoms with Crippen LogP contribution in [-0.4, -0.2) is 11.7 Å². The topological polar surface area (TPSA) is 56.0 Å². The Labute approximate surface area is 119 Å². The van der Waals surface area contributed by atoms with Gasteiger partial charge in [-0.3, -0.25) is 0 Å². The van der Waals surface area contributed by atoms with Gasteiger partial charge in [0.1, 0.15) is 35.2 Å². The zero-order valence-electron chi connectivity index (χ0n) is 10.8. The van der Waals surface area contributed by atoms with Gasteiger partial charge < -0.3 is 10.4 Å². The lowest BCUT2D eigenvalue weighted by molar-refractivity contribution is 0.181.